The number of nitrogens with zero attached hydrogens (tertiary/aromatic N) is 1. The Balaban J connectivity index is 2.40. The monoisotopic (exact) mass is 206 g/mol. The second-order valence-corrected chi connectivity index (χ2v) is 2.60. The van der Waals surface area contributed by atoms with Gasteiger partial charge in [0.1, 0.15) is 0 Å². The first-order valence-electron chi connectivity index (χ1n) is 4.13. The fraction of sp³-hybridized carbons (Fsp3) is 0. The second-order valence-electron chi connectivity index (χ2n) is 2.60. The molecule has 6 nitrogen and oxygen atoms in total. The summed E-state index contributed by atoms with van der Waals surface area (Å²) in [5.74, 6) is 0. The van der Waals surface area contributed by atoms with Crippen LogP contribution in [0.5, 0.6) is 0 Å². The number of hydrazone groups is 1. The Morgan fingerprint density at radius 1 is 1.27 bits per heavy atom. The molecule has 4 N–H and O–H groups in total. The van der Waals surface area contributed by atoms with E-state index in [-0.39, 0.29) is 0 Å². The molecule has 0 fully saturated rings. The molecule has 0 aromatic heterocycles. The predicted octanol–water partition coefficient (Wildman–Crippen LogP) is 0.398. The quantitative estimate of drug-likeness (QED) is 0.482. The third kappa shape index (κ3) is 4.41. The summed E-state index contributed by atoms with van der Waals surface area (Å²) in [7, 11) is 0. The summed E-state index contributed by atoms with van der Waals surface area (Å²) in [6.45, 7) is 0. The summed E-state index contributed by atoms with van der Waals surface area (Å²) in [5.41, 5.74) is 7.62. The Labute approximate surface area is 86.2 Å². The zero-order valence-electron chi connectivity index (χ0n) is 7.81. The maximum atomic E-state index is 10.8. The fourth-order valence-electron chi connectivity index (χ4n) is 0.844. The van der Waals surface area contributed by atoms with Crippen LogP contribution >= 0.6 is 0 Å². The number of amides is 4. The normalized spacial score (nSPS) is 9.87. The van der Waals surface area contributed by atoms with Crippen LogP contribution < -0.4 is 16.5 Å². The van der Waals surface area contributed by atoms with Gasteiger partial charge in [0.05, 0.1) is 6.21 Å². The van der Waals surface area contributed by atoms with Gasteiger partial charge in [-0.1, -0.05) is 30.3 Å². The van der Waals surface area contributed by atoms with E-state index in [2.05, 4.69) is 10.5 Å². The molecule has 0 aliphatic heterocycles. The van der Waals surface area contributed by atoms with Crippen LogP contribution in [0, 0.1) is 0 Å². The molecular formula is C9H10N4O2. The number of hydrogen-bond acceptors (Lipinski definition) is 3. The molecule has 1 aromatic rings. The molecular weight excluding hydrogens is 196 g/mol. The van der Waals surface area contributed by atoms with Crippen molar-refractivity contribution in [3.63, 3.8) is 0 Å². The Morgan fingerprint density at radius 2 is 1.93 bits per heavy atom. The van der Waals surface area contributed by atoms with Crippen molar-refractivity contribution in [3.8, 4) is 0 Å². The van der Waals surface area contributed by atoms with Crippen LogP contribution in [0.15, 0.2) is 35.4 Å². The zero-order chi connectivity index (χ0) is 11.1. The van der Waals surface area contributed by atoms with Crippen molar-refractivity contribution in [2.75, 3.05) is 0 Å². The molecule has 0 saturated heterocycles. The van der Waals surface area contributed by atoms with Crippen molar-refractivity contribution < 1.29 is 9.59 Å². The van der Waals surface area contributed by atoms with Gasteiger partial charge in [0, 0.05) is 0 Å². The number of carbonyl (C=O) groups excluding carboxylic acids is 2. The number of primary amides is 1. The van der Waals surface area contributed by atoms with E-state index >= 15 is 0 Å². The molecule has 1 rings (SSSR count). The lowest BCUT2D eigenvalue weighted by Crippen LogP contribution is -2.40. The fourth-order valence-corrected chi connectivity index (χ4v) is 0.844. The molecule has 0 saturated carbocycles. The molecule has 0 bridgehead atoms. The molecule has 0 aliphatic carbocycles. The minimum Gasteiger partial charge on any atom is -0.351 e. The van der Waals surface area contributed by atoms with Gasteiger partial charge in [0.2, 0.25) is 0 Å². The van der Waals surface area contributed by atoms with Crippen LogP contribution in [0.3, 0.4) is 0 Å². The first-order valence-corrected chi connectivity index (χ1v) is 4.13. The Bertz CT molecular complexity index is 375. The van der Waals surface area contributed by atoms with Crippen molar-refractivity contribution in [3.05, 3.63) is 35.9 Å². The van der Waals surface area contributed by atoms with Crippen molar-refractivity contribution in [2.45, 2.75) is 0 Å². The summed E-state index contributed by atoms with van der Waals surface area (Å²) in [6.07, 6.45) is 1.45. The lowest BCUT2D eigenvalue weighted by molar-refractivity contribution is 0.232. The highest BCUT2D eigenvalue weighted by Crippen LogP contribution is 1.92. The van der Waals surface area contributed by atoms with Gasteiger partial charge in [-0.25, -0.2) is 15.0 Å². The first kappa shape index (κ1) is 10.7. The van der Waals surface area contributed by atoms with E-state index in [1.807, 2.05) is 30.3 Å². The Hall–Kier alpha value is -2.37. The smallest absolute Gasteiger partial charge is 0.343 e. The molecule has 0 radical (unpaired) electrons. The maximum Gasteiger partial charge on any atom is 0.343 e. The van der Waals surface area contributed by atoms with Crippen LogP contribution in [0.1, 0.15) is 5.56 Å². The maximum absolute atomic E-state index is 10.8. The van der Waals surface area contributed by atoms with E-state index in [4.69, 9.17) is 5.73 Å². The molecule has 0 atom stereocenters. The zero-order valence-corrected chi connectivity index (χ0v) is 7.81. The van der Waals surface area contributed by atoms with Gasteiger partial charge in [0.25, 0.3) is 0 Å². The summed E-state index contributed by atoms with van der Waals surface area (Å²) in [5, 5.41) is 5.40. The molecule has 0 spiro atoms. The molecule has 78 valence electrons. The summed E-state index contributed by atoms with van der Waals surface area (Å²) in [4.78, 5) is 21.0. The van der Waals surface area contributed by atoms with Crippen molar-refractivity contribution in [2.24, 2.45) is 10.8 Å². The van der Waals surface area contributed by atoms with Crippen molar-refractivity contribution in [1.82, 2.24) is 10.7 Å². The number of urea groups is 2. The highest BCUT2D eigenvalue weighted by atomic mass is 16.2. The molecule has 0 heterocycles. The lowest BCUT2D eigenvalue weighted by atomic mass is 10.2. The van der Waals surface area contributed by atoms with Gasteiger partial charge in [-0.05, 0) is 5.56 Å². The number of hydrogen-bond donors (Lipinski definition) is 3. The van der Waals surface area contributed by atoms with E-state index in [1.54, 1.807) is 5.32 Å². The Morgan fingerprint density at radius 3 is 2.53 bits per heavy atom. The first-order chi connectivity index (χ1) is 7.18. The highest BCUT2D eigenvalue weighted by Gasteiger charge is 1.99. The average molecular weight is 206 g/mol. The van der Waals surface area contributed by atoms with Gasteiger partial charge >= 0.3 is 12.1 Å². The Kier molecular flexibility index (Phi) is 3.84. The standard InChI is InChI=1S/C9H10N4O2/c10-8(14)12-9(15)13-11-6-7-4-2-1-3-5-7/h1-6H,(H4,10,12,13,14,15)/b11-6-. The van der Waals surface area contributed by atoms with E-state index in [1.165, 1.54) is 6.21 Å². The third-order valence-electron chi connectivity index (χ3n) is 1.42. The van der Waals surface area contributed by atoms with Gasteiger partial charge in [0.15, 0.2) is 0 Å². The van der Waals surface area contributed by atoms with Crippen LogP contribution in [0.25, 0.3) is 0 Å². The summed E-state index contributed by atoms with van der Waals surface area (Å²) >= 11 is 0. The van der Waals surface area contributed by atoms with Crippen LogP contribution in [-0.2, 0) is 0 Å². The van der Waals surface area contributed by atoms with Crippen LogP contribution in [0.2, 0.25) is 0 Å². The summed E-state index contributed by atoms with van der Waals surface area (Å²) in [6, 6.07) is 7.48. The second kappa shape index (κ2) is 5.38. The van der Waals surface area contributed by atoms with Crippen LogP contribution in [0.4, 0.5) is 9.59 Å². The van der Waals surface area contributed by atoms with E-state index in [0.29, 0.717) is 0 Å². The van der Waals surface area contributed by atoms with Crippen LogP contribution in [-0.4, -0.2) is 18.3 Å². The molecule has 6 heteroatoms. The molecule has 4 amide bonds. The number of nitrogens with two attached hydrogens (primary N) is 1. The van der Waals surface area contributed by atoms with Gasteiger partial charge in [-0.15, -0.1) is 0 Å². The number of benzene rings is 1. The number of carbonyl (C=O) groups is 2. The summed E-state index contributed by atoms with van der Waals surface area (Å²) < 4.78 is 0. The molecule has 0 unspecified atom stereocenters. The van der Waals surface area contributed by atoms with Gasteiger partial charge in [-0.3, -0.25) is 5.32 Å². The van der Waals surface area contributed by atoms with Gasteiger partial charge in [-0.2, -0.15) is 5.10 Å². The predicted molar refractivity (Wildman–Crippen MR) is 55.3 cm³/mol. The minimum atomic E-state index is -0.928. The van der Waals surface area contributed by atoms with Crippen molar-refractivity contribution in [1.29, 1.82) is 0 Å². The number of imide groups is 1. The SMILES string of the molecule is NC(=O)NC(=O)N/N=C\c1ccccc1. The van der Waals surface area contributed by atoms with E-state index < -0.39 is 12.1 Å². The topological polar surface area (TPSA) is 96.6 Å². The molecule has 0 aliphatic rings. The average Bonchev–Trinajstić information content (AvgIpc) is 2.18. The minimum absolute atomic E-state index is 0.769. The van der Waals surface area contributed by atoms with E-state index in [9.17, 15) is 9.59 Å². The molecule has 15 heavy (non-hydrogen) atoms. The third-order valence-corrected chi connectivity index (χ3v) is 1.42. The number of rotatable bonds is 2. The number of nitrogens with one attached hydrogen (secondary N) is 2. The lowest BCUT2D eigenvalue weighted by Gasteiger charge is -1.97. The van der Waals surface area contributed by atoms with Crippen molar-refractivity contribution >= 4 is 18.3 Å². The largest absolute Gasteiger partial charge is 0.351 e. The van der Waals surface area contributed by atoms with Gasteiger partial charge < -0.3 is 5.73 Å². The van der Waals surface area contributed by atoms with E-state index in [0.717, 1.165) is 5.56 Å². The highest BCUT2D eigenvalue weighted by molar-refractivity contribution is 5.92. The molecule has 1 aromatic carbocycles.